The van der Waals surface area contributed by atoms with Gasteiger partial charge in [0.1, 0.15) is 5.82 Å². The molecule has 0 aliphatic heterocycles. The Morgan fingerprint density at radius 3 is 2.50 bits per heavy atom. The van der Waals surface area contributed by atoms with Gasteiger partial charge in [-0.1, -0.05) is 32.9 Å². The van der Waals surface area contributed by atoms with Crippen molar-refractivity contribution in [3.63, 3.8) is 0 Å². The Morgan fingerprint density at radius 2 is 1.94 bits per heavy atom. The largest absolute Gasteiger partial charge is 0.380 e. The van der Waals surface area contributed by atoms with E-state index in [-0.39, 0.29) is 5.82 Å². The molecule has 1 aromatic rings. The van der Waals surface area contributed by atoms with E-state index in [0.29, 0.717) is 23.1 Å². The molecule has 1 saturated carbocycles. The number of hydrogen-bond acceptors (Lipinski definition) is 1. The quantitative estimate of drug-likeness (QED) is 0.794. The van der Waals surface area contributed by atoms with Gasteiger partial charge >= 0.3 is 0 Å². The van der Waals surface area contributed by atoms with Crippen LogP contribution in [0.2, 0.25) is 0 Å². The molecule has 0 amide bonds. The predicted molar refractivity (Wildman–Crippen MR) is 66.0 cm³/mol. The van der Waals surface area contributed by atoms with E-state index in [9.17, 15) is 4.39 Å². The zero-order chi connectivity index (χ0) is 11.8. The highest BCUT2D eigenvalue weighted by atomic mass is 19.1. The molecule has 1 aromatic carbocycles. The molecule has 2 atom stereocenters. The molecule has 88 valence electrons. The second kappa shape index (κ2) is 4.08. The van der Waals surface area contributed by atoms with Gasteiger partial charge in [0.25, 0.3) is 0 Å². The van der Waals surface area contributed by atoms with Crippen LogP contribution in [0.4, 0.5) is 10.1 Å². The summed E-state index contributed by atoms with van der Waals surface area (Å²) in [4.78, 5) is 0. The van der Waals surface area contributed by atoms with Gasteiger partial charge in [-0.25, -0.2) is 4.39 Å². The first-order valence-corrected chi connectivity index (χ1v) is 5.99. The first kappa shape index (κ1) is 11.4. The van der Waals surface area contributed by atoms with E-state index in [1.54, 1.807) is 6.07 Å². The lowest BCUT2D eigenvalue weighted by atomic mass is 9.91. The second-order valence-electron chi connectivity index (χ2n) is 5.78. The summed E-state index contributed by atoms with van der Waals surface area (Å²) < 4.78 is 13.5. The van der Waals surface area contributed by atoms with Crippen molar-refractivity contribution in [2.75, 3.05) is 5.32 Å². The van der Waals surface area contributed by atoms with Crippen LogP contribution in [0.3, 0.4) is 0 Å². The average molecular weight is 221 g/mol. The molecule has 16 heavy (non-hydrogen) atoms. The minimum atomic E-state index is -0.153. The number of para-hydroxylation sites is 1. The van der Waals surface area contributed by atoms with Crippen molar-refractivity contribution in [2.24, 2.45) is 11.3 Å². The Bertz CT molecular complexity index is 373. The van der Waals surface area contributed by atoms with Crippen LogP contribution in [0.15, 0.2) is 24.3 Å². The maximum atomic E-state index is 13.5. The van der Waals surface area contributed by atoms with Gasteiger partial charge in [-0.15, -0.1) is 0 Å². The molecule has 2 heteroatoms. The highest BCUT2D eigenvalue weighted by molar-refractivity contribution is 5.45. The van der Waals surface area contributed by atoms with Crippen molar-refractivity contribution in [3.8, 4) is 0 Å². The Labute approximate surface area is 97.1 Å². The molecule has 1 N–H and O–H groups in total. The molecule has 0 radical (unpaired) electrons. The zero-order valence-corrected chi connectivity index (χ0v) is 10.3. The van der Waals surface area contributed by atoms with Crippen LogP contribution in [-0.4, -0.2) is 6.04 Å². The monoisotopic (exact) mass is 221 g/mol. The third-order valence-electron chi connectivity index (χ3n) is 3.55. The Kier molecular flexibility index (Phi) is 2.92. The highest BCUT2D eigenvalue weighted by Gasteiger charge is 2.36. The maximum absolute atomic E-state index is 13.5. The van der Waals surface area contributed by atoms with E-state index in [4.69, 9.17) is 0 Å². The summed E-state index contributed by atoms with van der Waals surface area (Å²) >= 11 is 0. The number of hydrogen-bond donors (Lipinski definition) is 1. The molecule has 0 heterocycles. The summed E-state index contributed by atoms with van der Waals surface area (Å²) in [5.41, 5.74) is 1.01. The van der Waals surface area contributed by atoms with Gasteiger partial charge in [0.05, 0.1) is 5.69 Å². The third-order valence-corrected chi connectivity index (χ3v) is 3.55. The summed E-state index contributed by atoms with van der Waals surface area (Å²) in [6.45, 7) is 6.81. The van der Waals surface area contributed by atoms with Crippen LogP contribution in [-0.2, 0) is 0 Å². The average Bonchev–Trinajstić information content (AvgIpc) is 2.44. The van der Waals surface area contributed by atoms with E-state index in [2.05, 4.69) is 26.1 Å². The summed E-state index contributed by atoms with van der Waals surface area (Å²) in [5.74, 6) is 0.453. The normalized spacial score (nSPS) is 28.0. The van der Waals surface area contributed by atoms with Crippen molar-refractivity contribution in [2.45, 2.75) is 39.7 Å². The highest BCUT2D eigenvalue weighted by Crippen LogP contribution is 2.42. The van der Waals surface area contributed by atoms with Crippen molar-refractivity contribution >= 4 is 5.69 Å². The van der Waals surface area contributed by atoms with Gasteiger partial charge in [-0.3, -0.25) is 0 Å². The van der Waals surface area contributed by atoms with Crippen LogP contribution in [0.5, 0.6) is 0 Å². The Morgan fingerprint density at radius 1 is 1.25 bits per heavy atom. The number of halogens is 1. The second-order valence-corrected chi connectivity index (χ2v) is 5.78. The molecule has 2 unspecified atom stereocenters. The lowest BCUT2D eigenvalue weighted by molar-refractivity contribution is 0.366. The minimum absolute atomic E-state index is 0.153. The van der Waals surface area contributed by atoms with Crippen molar-refractivity contribution in [1.29, 1.82) is 0 Å². The molecular formula is C14H20FN. The number of nitrogens with one attached hydrogen (secondary N) is 1. The maximum Gasteiger partial charge on any atom is 0.146 e. The third kappa shape index (κ3) is 2.37. The molecule has 1 aliphatic rings. The standard InChI is InChI=1S/C14H20FN/c1-10-8-14(2,3)9-13(10)16-12-7-5-4-6-11(12)15/h4-7,10,13,16H,8-9H2,1-3H3. The number of benzene rings is 1. The molecule has 0 bridgehead atoms. The van der Waals surface area contributed by atoms with Gasteiger partial charge in [-0.2, -0.15) is 0 Å². The van der Waals surface area contributed by atoms with E-state index in [0.717, 1.165) is 6.42 Å². The molecule has 2 rings (SSSR count). The van der Waals surface area contributed by atoms with Gasteiger partial charge in [0.15, 0.2) is 0 Å². The van der Waals surface area contributed by atoms with Crippen LogP contribution in [0.25, 0.3) is 0 Å². The van der Waals surface area contributed by atoms with E-state index >= 15 is 0 Å². The first-order chi connectivity index (χ1) is 7.48. The number of anilines is 1. The Balaban J connectivity index is 2.09. The molecule has 1 fully saturated rings. The number of rotatable bonds is 2. The smallest absolute Gasteiger partial charge is 0.146 e. The molecule has 1 nitrogen and oxygen atoms in total. The topological polar surface area (TPSA) is 12.0 Å². The molecule has 0 aromatic heterocycles. The first-order valence-electron chi connectivity index (χ1n) is 5.99. The Hall–Kier alpha value is -1.05. The van der Waals surface area contributed by atoms with Crippen LogP contribution in [0, 0.1) is 17.2 Å². The fraction of sp³-hybridized carbons (Fsp3) is 0.571. The molecule has 1 aliphatic carbocycles. The van der Waals surface area contributed by atoms with E-state index in [1.807, 2.05) is 12.1 Å². The summed E-state index contributed by atoms with van der Waals surface area (Å²) in [5, 5.41) is 3.34. The fourth-order valence-electron chi connectivity index (χ4n) is 2.87. The molecule has 0 saturated heterocycles. The van der Waals surface area contributed by atoms with E-state index in [1.165, 1.54) is 12.5 Å². The van der Waals surface area contributed by atoms with E-state index < -0.39 is 0 Å². The zero-order valence-electron chi connectivity index (χ0n) is 10.3. The fourth-order valence-corrected chi connectivity index (χ4v) is 2.87. The van der Waals surface area contributed by atoms with Crippen molar-refractivity contribution in [1.82, 2.24) is 0 Å². The van der Waals surface area contributed by atoms with Gasteiger partial charge < -0.3 is 5.32 Å². The summed E-state index contributed by atoms with van der Waals surface area (Å²) in [6, 6.07) is 7.31. The molecule has 0 spiro atoms. The van der Waals surface area contributed by atoms with Crippen LogP contribution in [0.1, 0.15) is 33.6 Å². The summed E-state index contributed by atoms with van der Waals surface area (Å²) in [7, 11) is 0. The van der Waals surface area contributed by atoms with Gasteiger partial charge in [0, 0.05) is 6.04 Å². The van der Waals surface area contributed by atoms with Crippen LogP contribution < -0.4 is 5.32 Å². The van der Waals surface area contributed by atoms with Gasteiger partial charge in [0.2, 0.25) is 0 Å². The summed E-state index contributed by atoms with van der Waals surface area (Å²) in [6.07, 6.45) is 2.32. The minimum Gasteiger partial charge on any atom is -0.380 e. The lowest BCUT2D eigenvalue weighted by Gasteiger charge is -2.20. The van der Waals surface area contributed by atoms with Crippen molar-refractivity contribution < 1.29 is 4.39 Å². The molecular weight excluding hydrogens is 201 g/mol. The van der Waals surface area contributed by atoms with Gasteiger partial charge in [-0.05, 0) is 36.3 Å². The predicted octanol–water partition coefficient (Wildman–Crippen LogP) is 4.06. The van der Waals surface area contributed by atoms with Crippen molar-refractivity contribution in [3.05, 3.63) is 30.1 Å². The lowest BCUT2D eigenvalue weighted by Crippen LogP contribution is -2.23. The SMILES string of the molecule is CC1CC(C)(C)CC1Nc1ccccc1F. The van der Waals surface area contributed by atoms with Crippen LogP contribution >= 0.6 is 0 Å².